The molecule has 0 aromatic rings. The van der Waals surface area contributed by atoms with E-state index in [0.717, 1.165) is 19.6 Å². The van der Waals surface area contributed by atoms with Gasteiger partial charge in [-0.15, -0.1) is 0 Å². The van der Waals surface area contributed by atoms with Gasteiger partial charge in [0.15, 0.2) is 0 Å². The van der Waals surface area contributed by atoms with E-state index in [2.05, 4.69) is 17.9 Å². The predicted octanol–water partition coefficient (Wildman–Crippen LogP) is 1.50. The fraction of sp³-hybridized carbons (Fsp3) is 0.900. The van der Waals surface area contributed by atoms with Crippen LogP contribution in [0, 0.1) is 17.2 Å². The normalized spacial score (nSPS) is 15.4. The molecule has 0 fully saturated rings. The third-order valence-corrected chi connectivity index (χ3v) is 2.27. The van der Waals surface area contributed by atoms with Crippen LogP contribution in [-0.4, -0.2) is 38.3 Å². The molecule has 3 heteroatoms. The highest BCUT2D eigenvalue weighted by Gasteiger charge is 2.11. The summed E-state index contributed by atoms with van der Waals surface area (Å²) in [4.78, 5) is 2.20. The van der Waals surface area contributed by atoms with Crippen LogP contribution in [0.15, 0.2) is 0 Å². The highest BCUT2D eigenvalue weighted by molar-refractivity contribution is 4.81. The predicted molar refractivity (Wildman–Crippen MR) is 53.4 cm³/mol. The van der Waals surface area contributed by atoms with Gasteiger partial charge in [-0.2, -0.15) is 5.26 Å². The van der Waals surface area contributed by atoms with Crippen molar-refractivity contribution in [2.24, 2.45) is 5.92 Å². The zero-order valence-electron chi connectivity index (χ0n) is 9.08. The van der Waals surface area contributed by atoms with E-state index >= 15 is 0 Å². The van der Waals surface area contributed by atoms with Crippen molar-refractivity contribution in [2.45, 2.75) is 26.3 Å². The van der Waals surface area contributed by atoms with Crippen molar-refractivity contribution >= 4 is 0 Å². The Kier molecular flexibility index (Phi) is 6.56. The van der Waals surface area contributed by atoms with E-state index in [9.17, 15) is 0 Å². The van der Waals surface area contributed by atoms with Crippen LogP contribution in [0.25, 0.3) is 0 Å². The minimum Gasteiger partial charge on any atom is -0.385 e. The molecule has 0 aliphatic heterocycles. The molecular formula is C10H20N2O. The second kappa shape index (κ2) is 6.88. The Hall–Kier alpha value is -0.590. The smallest absolute Gasteiger partial charge is 0.0666 e. The van der Waals surface area contributed by atoms with E-state index in [0.29, 0.717) is 6.04 Å². The molecule has 13 heavy (non-hydrogen) atoms. The second-order valence-corrected chi connectivity index (χ2v) is 3.60. The summed E-state index contributed by atoms with van der Waals surface area (Å²) in [7, 11) is 3.76. The van der Waals surface area contributed by atoms with Gasteiger partial charge in [0.25, 0.3) is 0 Å². The number of hydrogen-bond acceptors (Lipinski definition) is 3. The van der Waals surface area contributed by atoms with E-state index in [1.807, 2.05) is 14.0 Å². The first-order valence-corrected chi connectivity index (χ1v) is 4.70. The lowest BCUT2D eigenvalue weighted by Gasteiger charge is -2.25. The van der Waals surface area contributed by atoms with Gasteiger partial charge in [-0.25, -0.2) is 0 Å². The van der Waals surface area contributed by atoms with Crippen LogP contribution in [0.3, 0.4) is 0 Å². The molecule has 0 aliphatic carbocycles. The summed E-state index contributed by atoms with van der Waals surface area (Å²) < 4.78 is 5.00. The van der Waals surface area contributed by atoms with Crippen molar-refractivity contribution < 1.29 is 4.74 Å². The van der Waals surface area contributed by atoms with Crippen LogP contribution >= 0.6 is 0 Å². The number of ether oxygens (including phenoxy) is 1. The Morgan fingerprint density at radius 3 is 2.54 bits per heavy atom. The minimum atomic E-state index is 0.106. The number of nitrogens with zero attached hydrogens (tertiary/aromatic N) is 2. The standard InChI is InChI=1S/C10H20N2O/c1-9(7-11)8-12(3)10(2)5-6-13-4/h9-10H,5-6,8H2,1-4H3. The number of nitriles is 1. The molecule has 0 bridgehead atoms. The van der Waals surface area contributed by atoms with E-state index in [1.54, 1.807) is 7.11 Å². The number of hydrogen-bond donors (Lipinski definition) is 0. The van der Waals surface area contributed by atoms with Gasteiger partial charge < -0.3 is 9.64 Å². The highest BCUT2D eigenvalue weighted by Crippen LogP contribution is 2.04. The van der Waals surface area contributed by atoms with Crippen LogP contribution in [0.2, 0.25) is 0 Å². The Balaban J connectivity index is 3.69. The monoisotopic (exact) mass is 184 g/mol. The fourth-order valence-electron chi connectivity index (χ4n) is 1.16. The summed E-state index contributed by atoms with van der Waals surface area (Å²) in [5.74, 6) is 0.106. The van der Waals surface area contributed by atoms with Gasteiger partial charge in [-0.3, -0.25) is 0 Å². The Morgan fingerprint density at radius 2 is 2.08 bits per heavy atom. The SMILES string of the molecule is COCCC(C)N(C)CC(C)C#N. The van der Waals surface area contributed by atoms with Crippen LogP contribution in [0.4, 0.5) is 0 Å². The maximum atomic E-state index is 8.64. The maximum Gasteiger partial charge on any atom is 0.0666 e. The van der Waals surface area contributed by atoms with Crippen molar-refractivity contribution in [3.8, 4) is 6.07 Å². The number of methoxy groups -OCH3 is 1. The van der Waals surface area contributed by atoms with Crippen molar-refractivity contribution in [3.05, 3.63) is 0 Å². The summed E-state index contributed by atoms with van der Waals surface area (Å²) >= 11 is 0. The molecule has 0 heterocycles. The molecule has 0 aliphatic rings. The van der Waals surface area contributed by atoms with Crippen molar-refractivity contribution in [3.63, 3.8) is 0 Å². The molecule has 0 saturated heterocycles. The Labute approximate surface area is 81.3 Å². The molecule has 0 N–H and O–H groups in total. The van der Waals surface area contributed by atoms with E-state index in [-0.39, 0.29) is 5.92 Å². The lowest BCUT2D eigenvalue weighted by atomic mass is 10.1. The third kappa shape index (κ3) is 5.62. The molecule has 0 spiro atoms. The summed E-state index contributed by atoms with van der Waals surface area (Å²) in [6, 6.07) is 2.72. The lowest BCUT2D eigenvalue weighted by Crippen LogP contribution is -2.33. The van der Waals surface area contributed by atoms with Crippen LogP contribution < -0.4 is 0 Å². The molecule has 0 aromatic carbocycles. The van der Waals surface area contributed by atoms with Gasteiger partial charge in [0, 0.05) is 26.3 Å². The Morgan fingerprint density at radius 1 is 1.46 bits per heavy atom. The van der Waals surface area contributed by atoms with Crippen molar-refractivity contribution in [2.75, 3.05) is 27.3 Å². The molecule has 0 saturated carbocycles. The highest BCUT2D eigenvalue weighted by atomic mass is 16.5. The summed E-state index contributed by atoms with van der Waals surface area (Å²) in [5.41, 5.74) is 0. The average Bonchev–Trinajstić information content (AvgIpc) is 2.13. The molecule has 2 unspecified atom stereocenters. The lowest BCUT2D eigenvalue weighted by molar-refractivity contribution is 0.149. The van der Waals surface area contributed by atoms with E-state index in [1.165, 1.54) is 0 Å². The molecule has 0 amide bonds. The van der Waals surface area contributed by atoms with E-state index in [4.69, 9.17) is 10.00 Å². The third-order valence-electron chi connectivity index (χ3n) is 2.27. The van der Waals surface area contributed by atoms with E-state index < -0.39 is 0 Å². The maximum absolute atomic E-state index is 8.64. The first kappa shape index (κ1) is 12.4. The van der Waals surface area contributed by atoms with Crippen LogP contribution in [0.5, 0.6) is 0 Å². The first-order valence-electron chi connectivity index (χ1n) is 4.70. The van der Waals surface area contributed by atoms with Gasteiger partial charge in [0.05, 0.1) is 12.0 Å². The van der Waals surface area contributed by atoms with Gasteiger partial charge in [-0.1, -0.05) is 0 Å². The average molecular weight is 184 g/mol. The second-order valence-electron chi connectivity index (χ2n) is 3.60. The Bertz CT molecular complexity index is 165. The van der Waals surface area contributed by atoms with Gasteiger partial charge in [0.2, 0.25) is 0 Å². The molecule has 3 nitrogen and oxygen atoms in total. The zero-order chi connectivity index (χ0) is 10.3. The molecule has 0 rings (SSSR count). The van der Waals surface area contributed by atoms with Gasteiger partial charge in [-0.05, 0) is 27.3 Å². The van der Waals surface area contributed by atoms with Crippen LogP contribution in [-0.2, 0) is 4.74 Å². The van der Waals surface area contributed by atoms with Crippen LogP contribution in [0.1, 0.15) is 20.3 Å². The van der Waals surface area contributed by atoms with Crippen molar-refractivity contribution in [1.29, 1.82) is 5.26 Å². The van der Waals surface area contributed by atoms with Gasteiger partial charge in [0.1, 0.15) is 0 Å². The minimum absolute atomic E-state index is 0.106. The van der Waals surface area contributed by atoms with Gasteiger partial charge >= 0.3 is 0 Å². The molecular weight excluding hydrogens is 164 g/mol. The summed E-state index contributed by atoms with van der Waals surface area (Å²) in [6.45, 7) is 5.72. The topological polar surface area (TPSA) is 36.3 Å². The molecule has 0 aromatic heterocycles. The summed E-state index contributed by atoms with van der Waals surface area (Å²) in [5, 5.41) is 8.64. The molecule has 2 atom stereocenters. The largest absolute Gasteiger partial charge is 0.385 e. The summed E-state index contributed by atoms with van der Waals surface area (Å²) in [6.07, 6.45) is 1.02. The van der Waals surface area contributed by atoms with Crippen molar-refractivity contribution in [1.82, 2.24) is 4.90 Å². The molecule has 0 radical (unpaired) electrons. The fourth-order valence-corrected chi connectivity index (χ4v) is 1.16. The number of rotatable bonds is 6. The first-order chi connectivity index (χ1) is 6.11. The quantitative estimate of drug-likeness (QED) is 0.627. The zero-order valence-corrected chi connectivity index (χ0v) is 9.08. The molecule has 76 valence electrons.